The van der Waals surface area contributed by atoms with Gasteiger partial charge in [0.15, 0.2) is 32.8 Å². The molecule has 8 rings (SSSR count). The standard InChI is InChI=1S/C26H39N3O5S.C22H29NO5S.C21H29N3O7S2.C21H28N2O3/c1-5-7-17-29(18-8-6-2)23-19-21(26(30)31)20-24(25(23)34-22-13-10-9-11-14-22)35(32,33)27-15-12-16-28(3)4;1-4-6-13-23(14-7-5-2)19-15-17(22(24)25)16-20(29(3,26)27)21(19)28-18-11-9-8-10-12-18;1-3-5-12-24(13-6-4-2)18-14-16(21(25)26)15-19(32(27,28)23-33(22,29)30)20(18)31-17-10-8-7-9-11-17;1-3-5-12-23(13-6-4-2)19-15-16(21(24)25)14-18(22)20(19)26-17-10-8-7-9-11-17/h9-11,13-14,19-20,27H,5-8,12,15-18H2,1-4H3,(H,30,31);8-12,15-16H,4-7,13-14H2,1-3H3,(H,24,25);7-11,14-15,23H,3-6,12-13H2,1-2H3,(H,25,26)(H2,22,29,30);7-11,14-15H,3-6,12-13,22H2,1-2H3,(H,24,25). The topological polar surface area (TPSA) is 415 Å². The van der Waals surface area contributed by atoms with Crippen LogP contribution in [0.5, 0.6) is 46.0 Å². The average Bonchev–Trinajstić information content (AvgIpc) is 0.775. The molecule has 0 radical (unpaired) electrons. The van der Waals surface area contributed by atoms with Gasteiger partial charge in [0.1, 0.15) is 37.7 Å². The van der Waals surface area contributed by atoms with Crippen LogP contribution in [-0.4, -0.2) is 169 Å². The molecule has 0 aliphatic carbocycles. The van der Waals surface area contributed by atoms with Crippen molar-refractivity contribution >= 4 is 92.4 Å². The van der Waals surface area contributed by atoms with Gasteiger partial charge in [0.05, 0.1) is 50.7 Å². The van der Waals surface area contributed by atoms with E-state index in [1.54, 1.807) is 84.9 Å². The minimum atomic E-state index is -4.80. The maximum absolute atomic E-state index is 13.4. The van der Waals surface area contributed by atoms with E-state index in [1.807, 2.05) is 90.0 Å². The highest BCUT2D eigenvalue weighted by molar-refractivity contribution is 8.03. The Morgan fingerprint density at radius 3 is 0.837 bits per heavy atom. The third-order valence-corrected chi connectivity index (χ3v) is 24.2. The highest BCUT2D eigenvalue weighted by atomic mass is 32.3. The number of hydrogen-bond donors (Lipinski definition) is 8. The molecule has 29 nitrogen and oxygen atoms in total. The quantitative estimate of drug-likeness (QED) is 0.0130. The van der Waals surface area contributed by atoms with Crippen LogP contribution in [0.15, 0.2) is 185 Å². The van der Waals surface area contributed by atoms with E-state index in [1.165, 1.54) is 40.5 Å². The Morgan fingerprint density at radius 2 is 0.585 bits per heavy atom. The van der Waals surface area contributed by atoms with Gasteiger partial charge in [-0.25, -0.2) is 54.3 Å². The summed E-state index contributed by atoms with van der Waals surface area (Å²) in [6.07, 6.45) is 16.5. The number of nitrogens with one attached hydrogen (secondary N) is 2. The molecule has 0 aromatic heterocycles. The Kier molecular flexibility index (Phi) is 43.7. The van der Waals surface area contributed by atoms with Gasteiger partial charge >= 0.3 is 23.9 Å². The lowest BCUT2D eigenvalue weighted by atomic mass is 10.1. The van der Waals surface area contributed by atoms with Crippen molar-refractivity contribution < 1.29 is 92.2 Å². The van der Waals surface area contributed by atoms with Gasteiger partial charge in [0.25, 0.3) is 20.2 Å². The number of nitrogens with two attached hydrogens (primary N) is 2. The van der Waals surface area contributed by atoms with Crippen LogP contribution in [0.4, 0.5) is 28.4 Å². The number of hydrogen-bond acceptors (Lipinski definition) is 22. The number of para-hydroxylation sites is 4. The molecule has 0 heterocycles. The number of ether oxygens (including phenoxy) is 4. The van der Waals surface area contributed by atoms with Crippen LogP contribution in [0.1, 0.15) is 206 Å². The Hall–Kier alpha value is -10.5. The SMILES string of the molecule is CCCCN(CCCC)c1cc(C(=O)O)cc(N)c1Oc1ccccc1.CCCCN(CCCC)c1cc(C(=O)O)cc(S(=O)(=O)NCCCN(C)C)c1Oc1ccccc1.CCCCN(CCCC)c1cc(C(=O)O)cc(S(=O)(=O)NS(N)(=O)=O)c1Oc1ccccc1.CCCCN(CCCC)c1cc(C(=O)O)cc(S(C)(=O)=O)c1Oc1ccccc1. The van der Waals surface area contributed by atoms with Gasteiger partial charge in [0, 0.05) is 65.2 Å². The first kappa shape index (κ1) is 103. The molecule has 0 unspecified atom stereocenters. The van der Waals surface area contributed by atoms with Gasteiger partial charge in [-0.15, -0.1) is 0 Å². The van der Waals surface area contributed by atoms with E-state index in [-0.39, 0.29) is 61.5 Å². The Labute approximate surface area is 727 Å². The number of rotatable bonds is 50. The number of sulfonamides is 2. The molecule has 0 saturated carbocycles. The maximum atomic E-state index is 13.4. The van der Waals surface area contributed by atoms with Crippen LogP contribution < -0.4 is 58.3 Å². The highest BCUT2D eigenvalue weighted by Gasteiger charge is 2.33. The molecule has 0 aliphatic heterocycles. The van der Waals surface area contributed by atoms with Crippen molar-refractivity contribution in [1.82, 2.24) is 13.7 Å². The molecule has 0 amide bonds. The molecule has 674 valence electrons. The number of nitrogens with zero attached hydrogens (tertiary/aromatic N) is 5. The molecule has 0 bridgehead atoms. The van der Waals surface area contributed by atoms with Gasteiger partial charge < -0.3 is 69.6 Å². The molecule has 0 saturated heterocycles. The normalized spacial score (nSPS) is 11.4. The highest BCUT2D eigenvalue weighted by Crippen LogP contribution is 2.45. The number of sulfone groups is 1. The van der Waals surface area contributed by atoms with Crippen LogP contribution in [0.25, 0.3) is 0 Å². The van der Waals surface area contributed by atoms with Gasteiger partial charge in [-0.1, -0.05) is 184 Å². The average molecular weight is 1780 g/mol. The molecule has 8 aromatic carbocycles. The summed E-state index contributed by atoms with van der Waals surface area (Å²) in [5, 5.41) is 43.3. The zero-order valence-electron chi connectivity index (χ0n) is 72.6. The third kappa shape index (κ3) is 34.3. The Bertz CT molecular complexity index is 5090. The fourth-order valence-corrected chi connectivity index (χ4v) is 16.8. The van der Waals surface area contributed by atoms with Crippen LogP contribution in [0.2, 0.25) is 0 Å². The summed E-state index contributed by atoms with van der Waals surface area (Å²) in [5.74, 6) is -2.13. The summed E-state index contributed by atoms with van der Waals surface area (Å²) in [4.78, 5) is 56.2. The summed E-state index contributed by atoms with van der Waals surface area (Å²) in [5.41, 5.74) is 8.15. The van der Waals surface area contributed by atoms with Crippen molar-refractivity contribution in [2.45, 2.75) is 179 Å². The summed E-state index contributed by atoms with van der Waals surface area (Å²) in [7, 11) is -13.4. The van der Waals surface area contributed by atoms with E-state index in [9.17, 15) is 73.3 Å². The minimum absolute atomic E-state index is 0.0705. The summed E-state index contributed by atoms with van der Waals surface area (Å²) < 4.78 is 129. The number of unbranched alkanes of at least 4 members (excludes halogenated alkanes) is 8. The van der Waals surface area contributed by atoms with E-state index < -0.39 is 68.9 Å². The van der Waals surface area contributed by atoms with Crippen molar-refractivity contribution in [2.24, 2.45) is 5.14 Å². The molecule has 33 heteroatoms. The molecule has 0 atom stereocenters. The lowest BCUT2D eigenvalue weighted by Crippen LogP contribution is -2.36. The number of carboxylic acid groups (broad SMARTS) is 4. The smallest absolute Gasteiger partial charge is 0.335 e. The van der Waals surface area contributed by atoms with Gasteiger partial charge in [-0.05, 0) is 175 Å². The first-order valence-corrected chi connectivity index (χ1v) is 48.1. The summed E-state index contributed by atoms with van der Waals surface area (Å²) >= 11 is 0. The number of benzene rings is 8. The third-order valence-electron chi connectivity index (χ3n) is 18.9. The monoisotopic (exact) mass is 1780 g/mol. The summed E-state index contributed by atoms with van der Waals surface area (Å²) in [6, 6.07) is 46.3. The second-order valence-corrected chi connectivity index (χ2v) is 36.4. The van der Waals surface area contributed by atoms with E-state index in [0.29, 0.717) is 91.5 Å². The van der Waals surface area contributed by atoms with E-state index in [2.05, 4.69) is 51.2 Å². The largest absolute Gasteiger partial charge is 0.478 e. The van der Waals surface area contributed by atoms with E-state index in [4.69, 9.17) is 29.8 Å². The molecular formula is C90H125N9O20S4. The number of aromatic carboxylic acids is 4. The fraction of sp³-hybridized carbons (Fsp3) is 0.422. The number of carbonyl (C=O) groups is 4. The molecular weight excluding hydrogens is 1660 g/mol. The van der Waals surface area contributed by atoms with Crippen molar-refractivity contribution in [1.29, 1.82) is 0 Å². The first-order chi connectivity index (χ1) is 58.5. The molecule has 0 spiro atoms. The van der Waals surface area contributed by atoms with Crippen molar-refractivity contribution in [3.05, 3.63) is 192 Å². The number of nitrogen functional groups attached to an aromatic ring is 1. The second kappa shape index (κ2) is 52.2. The second-order valence-electron chi connectivity index (χ2n) is 29.5. The lowest BCUT2D eigenvalue weighted by molar-refractivity contribution is 0.0685. The Balaban J connectivity index is 0.000000293. The zero-order valence-corrected chi connectivity index (χ0v) is 75.9. The molecule has 123 heavy (non-hydrogen) atoms. The predicted octanol–water partition coefficient (Wildman–Crippen LogP) is 18.0. The van der Waals surface area contributed by atoms with Crippen molar-refractivity contribution in [3.63, 3.8) is 0 Å². The van der Waals surface area contributed by atoms with Crippen LogP contribution in [-0.2, 0) is 40.1 Å². The van der Waals surface area contributed by atoms with Gasteiger partial charge in [-0.2, -0.15) is 8.42 Å². The Morgan fingerprint density at radius 1 is 0.341 bits per heavy atom. The summed E-state index contributed by atoms with van der Waals surface area (Å²) in [6.45, 7) is 23.0. The van der Waals surface area contributed by atoms with Crippen molar-refractivity contribution in [3.8, 4) is 46.0 Å². The first-order valence-electron chi connectivity index (χ1n) is 41.7. The van der Waals surface area contributed by atoms with Gasteiger partial charge in [-0.3, -0.25) is 0 Å². The van der Waals surface area contributed by atoms with E-state index in [0.717, 1.165) is 140 Å². The molecule has 0 aliphatic rings. The van der Waals surface area contributed by atoms with Crippen molar-refractivity contribution in [2.75, 3.05) is 111 Å². The maximum Gasteiger partial charge on any atom is 0.335 e. The van der Waals surface area contributed by atoms with Crippen LogP contribution in [0, 0.1) is 0 Å². The number of anilines is 5. The molecule has 0 fully saturated rings. The van der Waals surface area contributed by atoms with Gasteiger partial charge in [0.2, 0.25) is 10.0 Å². The fourth-order valence-electron chi connectivity index (χ4n) is 12.4. The predicted molar refractivity (Wildman–Crippen MR) is 487 cm³/mol. The van der Waals surface area contributed by atoms with Crippen LogP contribution >= 0.6 is 0 Å². The number of carboxylic acids is 4. The zero-order chi connectivity index (χ0) is 90.9. The molecule has 10 N–H and O–H groups in total. The molecule has 8 aromatic rings. The minimum Gasteiger partial charge on any atom is -0.478 e. The van der Waals surface area contributed by atoms with E-state index >= 15 is 0 Å². The van der Waals surface area contributed by atoms with Crippen LogP contribution in [0.3, 0.4) is 0 Å². The lowest BCUT2D eigenvalue weighted by Gasteiger charge is -2.28.